The van der Waals surface area contributed by atoms with Crippen LogP contribution in [0.3, 0.4) is 0 Å². The minimum atomic E-state index is -0.262. The number of nitrogens with zero attached hydrogens (tertiary/aromatic N) is 3. The number of carbonyl (C=O) groups is 1. The van der Waals surface area contributed by atoms with Crippen LogP contribution in [0.5, 0.6) is 5.75 Å². The number of Topliss-reactive ketones (excluding diaryl/α,β-unsaturated/α-hetero) is 1. The van der Waals surface area contributed by atoms with Gasteiger partial charge in [0.05, 0.1) is 18.0 Å². The smallest absolute Gasteiger partial charge is 0.196 e. The zero-order valence-corrected chi connectivity index (χ0v) is 16.2. The van der Waals surface area contributed by atoms with Gasteiger partial charge in [-0.05, 0) is 55.5 Å². The molecule has 4 rings (SSSR count). The summed E-state index contributed by atoms with van der Waals surface area (Å²) in [4.78, 5) is 12.9. The van der Waals surface area contributed by atoms with Gasteiger partial charge in [-0.2, -0.15) is 0 Å². The second kappa shape index (κ2) is 7.56. The summed E-state index contributed by atoms with van der Waals surface area (Å²) in [6.07, 6.45) is 5.02. The molecule has 1 atom stereocenters. The predicted octanol–water partition coefficient (Wildman–Crippen LogP) is 4.13. The monoisotopic (exact) mass is 379 g/mol. The molecule has 0 aliphatic heterocycles. The van der Waals surface area contributed by atoms with E-state index in [4.69, 9.17) is 4.74 Å². The summed E-state index contributed by atoms with van der Waals surface area (Å²) in [5, 5.41) is 8.65. The number of aryl methyl sites for hydroxylation is 2. The van der Waals surface area contributed by atoms with E-state index in [1.807, 2.05) is 41.8 Å². The van der Waals surface area contributed by atoms with Crippen LogP contribution < -0.4 is 4.74 Å². The van der Waals surface area contributed by atoms with Gasteiger partial charge >= 0.3 is 0 Å². The fraction of sp³-hybridized carbons (Fsp3) is 0.286. The van der Waals surface area contributed by atoms with E-state index in [-0.39, 0.29) is 11.0 Å². The highest BCUT2D eigenvalue weighted by Crippen LogP contribution is 2.30. The lowest BCUT2D eigenvalue weighted by atomic mass is 10.0. The van der Waals surface area contributed by atoms with Crippen molar-refractivity contribution in [2.45, 2.75) is 36.6 Å². The Labute approximate surface area is 162 Å². The first-order valence-corrected chi connectivity index (χ1v) is 9.91. The molecule has 0 saturated carbocycles. The minimum absolute atomic E-state index is 0.115. The molecular weight excluding hydrogens is 358 g/mol. The number of fused-ring (bicyclic) bond motifs is 1. The zero-order chi connectivity index (χ0) is 18.8. The number of hydrogen-bond donors (Lipinski definition) is 0. The minimum Gasteiger partial charge on any atom is -0.495 e. The van der Waals surface area contributed by atoms with E-state index in [0.29, 0.717) is 5.16 Å². The van der Waals surface area contributed by atoms with Gasteiger partial charge in [0.15, 0.2) is 10.9 Å². The van der Waals surface area contributed by atoms with Crippen LogP contribution in [-0.2, 0) is 12.8 Å². The molecule has 0 N–H and O–H groups in total. The maximum Gasteiger partial charge on any atom is 0.196 e. The molecule has 5 nitrogen and oxygen atoms in total. The molecule has 1 aromatic heterocycles. The molecule has 0 spiro atoms. The number of hydrogen-bond acceptors (Lipinski definition) is 5. The third kappa shape index (κ3) is 3.49. The highest BCUT2D eigenvalue weighted by atomic mass is 32.2. The number of rotatable bonds is 6. The quantitative estimate of drug-likeness (QED) is 0.476. The van der Waals surface area contributed by atoms with Gasteiger partial charge in [0.1, 0.15) is 12.1 Å². The van der Waals surface area contributed by atoms with E-state index in [1.165, 1.54) is 29.3 Å². The number of para-hydroxylation sites is 2. The standard InChI is InChI=1S/C21H21N3O2S/c1-14(20(25)17-11-10-15-6-5-7-16(15)12-17)27-21-23-22-13-24(21)18-8-3-4-9-19(18)26-2/h3-4,8-14H,5-7H2,1-2H3/t14-/m0/s1. The summed E-state index contributed by atoms with van der Waals surface area (Å²) in [6, 6.07) is 13.8. The van der Waals surface area contributed by atoms with E-state index in [0.717, 1.165) is 29.8 Å². The van der Waals surface area contributed by atoms with Crippen LogP contribution in [0.1, 0.15) is 34.8 Å². The van der Waals surface area contributed by atoms with Gasteiger partial charge < -0.3 is 4.74 Å². The average Bonchev–Trinajstić information content (AvgIpc) is 3.35. The number of carbonyl (C=O) groups excluding carboxylic acids is 1. The molecule has 1 heterocycles. The number of aromatic nitrogens is 3. The van der Waals surface area contributed by atoms with Crippen molar-refractivity contribution >= 4 is 17.5 Å². The number of thioether (sulfide) groups is 1. The van der Waals surface area contributed by atoms with E-state index in [9.17, 15) is 4.79 Å². The lowest BCUT2D eigenvalue weighted by molar-refractivity contribution is 0.0993. The highest BCUT2D eigenvalue weighted by Gasteiger charge is 2.22. The molecule has 1 aliphatic carbocycles. The Hall–Kier alpha value is -2.60. The Morgan fingerprint density at radius 2 is 2.00 bits per heavy atom. The van der Waals surface area contributed by atoms with Gasteiger partial charge in [-0.15, -0.1) is 10.2 Å². The molecule has 0 amide bonds. The van der Waals surface area contributed by atoms with Crippen molar-refractivity contribution in [2.75, 3.05) is 7.11 Å². The first-order valence-electron chi connectivity index (χ1n) is 9.03. The van der Waals surface area contributed by atoms with Gasteiger partial charge in [0.25, 0.3) is 0 Å². The van der Waals surface area contributed by atoms with Gasteiger partial charge in [0, 0.05) is 5.56 Å². The summed E-state index contributed by atoms with van der Waals surface area (Å²) in [5.41, 5.74) is 4.32. The molecule has 138 valence electrons. The highest BCUT2D eigenvalue weighted by molar-refractivity contribution is 8.00. The molecule has 2 aromatic carbocycles. The van der Waals surface area contributed by atoms with Crippen LogP contribution in [0.2, 0.25) is 0 Å². The van der Waals surface area contributed by atoms with Crippen molar-refractivity contribution in [2.24, 2.45) is 0 Å². The second-order valence-corrected chi connectivity index (χ2v) is 7.92. The van der Waals surface area contributed by atoms with Crippen LogP contribution in [0, 0.1) is 0 Å². The summed E-state index contributed by atoms with van der Waals surface area (Å²) < 4.78 is 7.29. The average molecular weight is 379 g/mol. The number of methoxy groups -OCH3 is 1. The van der Waals surface area contributed by atoms with E-state index < -0.39 is 0 Å². The molecule has 0 fully saturated rings. The third-order valence-corrected chi connectivity index (χ3v) is 5.95. The Morgan fingerprint density at radius 1 is 1.19 bits per heavy atom. The fourth-order valence-electron chi connectivity index (χ4n) is 3.47. The maximum absolute atomic E-state index is 12.9. The first-order chi connectivity index (χ1) is 13.2. The van der Waals surface area contributed by atoms with Crippen LogP contribution in [0.15, 0.2) is 53.9 Å². The van der Waals surface area contributed by atoms with E-state index in [2.05, 4.69) is 22.3 Å². The van der Waals surface area contributed by atoms with Gasteiger partial charge in [-0.25, -0.2) is 0 Å². The van der Waals surface area contributed by atoms with Gasteiger partial charge in [-0.1, -0.05) is 36.0 Å². The largest absolute Gasteiger partial charge is 0.495 e. The molecule has 0 radical (unpaired) electrons. The third-order valence-electron chi connectivity index (χ3n) is 4.90. The van der Waals surface area contributed by atoms with Gasteiger partial charge in [-0.3, -0.25) is 9.36 Å². The first kappa shape index (κ1) is 17.8. The Balaban J connectivity index is 1.56. The lowest BCUT2D eigenvalue weighted by Crippen LogP contribution is -2.15. The summed E-state index contributed by atoms with van der Waals surface area (Å²) in [6.45, 7) is 1.92. The van der Waals surface area contributed by atoms with E-state index in [1.54, 1.807) is 13.4 Å². The number of ether oxygens (including phenoxy) is 1. The zero-order valence-electron chi connectivity index (χ0n) is 15.4. The fourth-order valence-corrected chi connectivity index (χ4v) is 4.38. The van der Waals surface area contributed by atoms with Crippen LogP contribution >= 0.6 is 11.8 Å². The van der Waals surface area contributed by atoms with Crippen LogP contribution in [0.4, 0.5) is 0 Å². The maximum atomic E-state index is 12.9. The number of benzene rings is 2. The topological polar surface area (TPSA) is 57.0 Å². The molecule has 6 heteroatoms. The SMILES string of the molecule is COc1ccccc1-n1cnnc1S[C@@H](C)C(=O)c1ccc2c(c1)CCC2. The molecule has 0 unspecified atom stereocenters. The van der Waals surface area contributed by atoms with Crippen molar-refractivity contribution in [1.82, 2.24) is 14.8 Å². The van der Waals surface area contributed by atoms with Crippen LogP contribution in [-0.4, -0.2) is 32.9 Å². The Morgan fingerprint density at radius 3 is 2.85 bits per heavy atom. The van der Waals surface area contributed by atoms with Crippen LogP contribution in [0.25, 0.3) is 5.69 Å². The molecule has 0 saturated heterocycles. The van der Waals surface area contributed by atoms with Crippen molar-refractivity contribution in [1.29, 1.82) is 0 Å². The van der Waals surface area contributed by atoms with Crippen molar-refractivity contribution in [3.63, 3.8) is 0 Å². The van der Waals surface area contributed by atoms with Crippen molar-refractivity contribution < 1.29 is 9.53 Å². The molecular formula is C21H21N3O2S. The second-order valence-electron chi connectivity index (χ2n) is 6.62. The normalized spacial score (nSPS) is 14.0. The number of ketones is 1. The molecule has 27 heavy (non-hydrogen) atoms. The molecule has 1 aliphatic rings. The Kier molecular flexibility index (Phi) is 4.99. The van der Waals surface area contributed by atoms with Gasteiger partial charge in [0.2, 0.25) is 0 Å². The Bertz CT molecular complexity index is 983. The summed E-state index contributed by atoms with van der Waals surface area (Å²) >= 11 is 1.41. The lowest BCUT2D eigenvalue weighted by Gasteiger charge is -2.13. The molecule has 0 bridgehead atoms. The summed E-state index contributed by atoms with van der Waals surface area (Å²) in [5.74, 6) is 0.848. The predicted molar refractivity (Wildman–Crippen MR) is 106 cm³/mol. The van der Waals surface area contributed by atoms with Crippen molar-refractivity contribution in [3.8, 4) is 11.4 Å². The van der Waals surface area contributed by atoms with E-state index >= 15 is 0 Å². The summed E-state index contributed by atoms with van der Waals surface area (Å²) in [7, 11) is 1.63. The van der Waals surface area contributed by atoms with Crippen molar-refractivity contribution in [3.05, 3.63) is 65.5 Å². The molecule has 3 aromatic rings.